The second-order valence-electron chi connectivity index (χ2n) is 3.79. The lowest BCUT2D eigenvalue weighted by Gasteiger charge is -2.12. The zero-order chi connectivity index (χ0) is 14.7. The third kappa shape index (κ3) is 2.75. The molecule has 0 heterocycles. The molecule has 20 heavy (non-hydrogen) atoms. The number of hydrogen-bond acceptors (Lipinski definition) is 3. The summed E-state index contributed by atoms with van der Waals surface area (Å²) < 4.78 is 31.9. The number of rotatable bonds is 4. The number of carboxylic acids is 1. The van der Waals surface area contributed by atoms with Crippen LogP contribution >= 0.6 is 11.8 Å². The van der Waals surface area contributed by atoms with Crippen molar-refractivity contribution < 1.29 is 23.4 Å². The second kappa shape index (κ2) is 5.92. The minimum absolute atomic E-state index is 0.0335. The highest BCUT2D eigenvalue weighted by Crippen LogP contribution is 2.33. The summed E-state index contributed by atoms with van der Waals surface area (Å²) >= 11 is 1.23. The quantitative estimate of drug-likeness (QED) is 0.860. The van der Waals surface area contributed by atoms with Crippen LogP contribution < -0.4 is 4.74 Å². The highest BCUT2D eigenvalue weighted by atomic mass is 32.2. The maximum atomic E-state index is 13.5. The van der Waals surface area contributed by atoms with Crippen LogP contribution in [0.2, 0.25) is 0 Å². The van der Waals surface area contributed by atoms with Gasteiger partial charge in [-0.3, -0.25) is 0 Å². The van der Waals surface area contributed by atoms with Crippen molar-refractivity contribution in [1.29, 1.82) is 0 Å². The van der Waals surface area contributed by atoms with Gasteiger partial charge in [0.2, 0.25) is 5.82 Å². The first-order valence-electron chi connectivity index (χ1n) is 5.56. The van der Waals surface area contributed by atoms with E-state index in [9.17, 15) is 18.7 Å². The Hall–Kier alpha value is -2.08. The number of ether oxygens (including phenoxy) is 1. The Labute approximate surface area is 118 Å². The van der Waals surface area contributed by atoms with Gasteiger partial charge >= 0.3 is 5.97 Å². The van der Waals surface area contributed by atoms with E-state index in [1.165, 1.54) is 30.0 Å². The molecule has 0 radical (unpaired) electrons. The van der Waals surface area contributed by atoms with Gasteiger partial charge in [-0.1, -0.05) is 12.1 Å². The predicted molar refractivity (Wildman–Crippen MR) is 71.6 cm³/mol. The SMILES string of the molecule is CSc1cccc(Oc2cccc(F)c2F)c1C(=O)O. The third-order valence-electron chi connectivity index (χ3n) is 2.56. The zero-order valence-electron chi connectivity index (χ0n) is 10.4. The van der Waals surface area contributed by atoms with Crippen LogP contribution in [0.5, 0.6) is 11.5 Å². The van der Waals surface area contributed by atoms with Gasteiger partial charge in [-0.25, -0.2) is 9.18 Å². The van der Waals surface area contributed by atoms with Crippen LogP contribution in [0.25, 0.3) is 0 Å². The van der Waals surface area contributed by atoms with Gasteiger partial charge in [0.25, 0.3) is 0 Å². The van der Waals surface area contributed by atoms with Crippen molar-refractivity contribution in [3.05, 3.63) is 53.6 Å². The van der Waals surface area contributed by atoms with E-state index in [1.54, 1.807) is 18.4 Å². The summed E-state index contributed by atoms with van der Waals surface area (Å²) in [6, 6.07) is 8.07. The van der Waals surface area contributed by atoms with Crippen LogP contribution in [-0.4, -0.2) is 17.3 Å². The van der Waals surface area contributed by atoms with Gasteiger partial charge in [0.1, 0.15) is 11.3 Å². The molecule has 0 saturated carbocycles. The minimum Gasteiger partial charge on any atom is -0.478 e. The van der Waals surface area contributed by atoms with E-state index in [0.29, 0.717) is 4.90 Å². The molecule has 0 aliphatic rings. The molecule has 6 heteroatoms. The molecule has 104 valence electrons. The average Bonchev–Trinajstić information content (AvgIpc) is 2.43. The van der Waals surface area contributed by atoms with Gasteiger partial charge in [0, 0.05) is 4.90 Å². The first-order chi connectivity index (χ1) is 9.54. The van der Waals surface area contributed by atoms with Crippen LogP contribution in [0.15, 0.2) is 41.3 Å². The summed E-state index contributed by atoms with van der Waals surface area (Å²) in [7, 11) is 0. The Morgan fingerprint density at radius 1 is 1.15 bits per heavy atom. The molecule has 2 rings (SSSR count). The molecule has 0 aliphatic carbocycles. The number of carbonyl (C=O) groups is 1. The van der Waals surface area contributed by atoms with Gasteiger partial charge in [0.15, 0.2) is 11.6 Å². The molecular formula is C14H10F2O3S. The second-order valence-corrected chi connectivity index (χ2v) is 4.64. The maximum Gasteiger partial charge on any atom is 0.340 e. The van der Waals surface area contributed by atoms with Crippen LogP contribution in [0.1, 0.15) is 10.4 Å². The van der Waals surface area contributed by atoms with E-state index in [4.69, 9.17) is 4.74 Å². The van der Waals surface area contributed by atoms with Gasteiger partial charge in [0.05, 0.1) is 0 Å². The van der Waals surface area contributed by atoms with Crippen LogP contribution in [0.4, 0.5) is 8.78 Å². The summed E-state index contributed by atoms with van der Waals surface area (Å²) in [5, 5.41) is 9.22. The highest BCUT2D eigenvalue weighted by molar-refractivity contribution is 7.98. The Morgan fingerprint density at radius 2 is 1.80 bits per heavy atom. The summed E-state index contributed by atoms with van der Waals surface area (Å²) in [6.45, 7) is 0. The fourth-order valence-corrected chi connectivity index (χ4v) is 2.26. The lowest BCUT2D eigenvalue weighted by atomic mass is 10.2. The molecule has 0 spiro atoms. The maximum absolute atomic E-state index is 13.5. The Bertz CT molecular complexity index is 659. The van der Waals surface area contributed by atoms with E-state index >= 15 is 0 Å². The van der Waals surface area contributed by atoms with Gasteiger partial charge in [-0.15, -0.1) is 11.8 Å². The smallest absolute Gasteiger partial charge is 0.340 e. The molecule has 0 atom stereocenters. The van der Waals surface area contributed by atoms with E-state index in [2.05, 4.69) is 0 Å². The monoisotopic (exact) mass is 296 g/mol. The average molecular weight is 296 g/mol. The normalized spacial score (nSPS) is 10.3. The zero-order valence-corrected chi connectivity index (χ0v) is 11.2. The molecule has 0 aliphatic heterocycles. The summed E-state index contributed by atoms with van der Waals surface area (Å²) in [4.78, 5) is 11.8. The Kier molecular flexibility index (Phi) is 4.24. The number of aromatic carboxylic acids is 1. The number of carboxylic acid groups (broad SMARTS) is 1. The van der Waals surface area contributed by atoms with Crippen molar-refractivity contribution in [2.45, 2.75) is 4.90 Å². The lowest BCUT2D eigenvalue weighted by Crippen LogP contribution is -2.03. The molecule has 3 nitrogen and oxygen atoms in total. The van der Waals surface area contributed by atoms with Gasteiger partial charge < -0.3 is 9.84 Å². The number of hydrogen-bond donors (Lipinski definition) is 1. The highest BCUT2D eigenvalue weighted by Gasteiger charge is 2.18. The molecular weight excluding hydrogens is 286 g/mol. The summed E-state index contributed by atoms with van der Waals surface area (Å²) in [6.07, 6.45) is 1.72. The van der Waals surface area contributed by atoms with Crippen LogP contribution in [0.3, 0.4) is 0 Å². The fourth-order valence-electron chi connectivity index (χ4n) is 1.66. The standard InChI is InChI=1S/C14H10F2O3S/c1-20-11-7-3-5-9(12(11)14(17)18)19-10-6-2-4-8(15)13(10)16/h2-7H,1H3,(H,17,18). The molecule has 0 aromatic heterocycles. The van der Waals surface area contributed by atoms with E-state index in [-0.39, 0.29) is 17.1 Å². The predicted octanol–water partition coefficient (Wildman–Crippen LogP) is 4.18. The molecule has 1 N–H and O–H groups in total. The molecule has 2 aromatic carbocycles. The summed E-state index contributed by atoms with van der Waals surface area (Å²) in [5.74, 6) is -3.79. The molecule has 0 amide bonds. The van der Waals surface area contributed by atoms with Crippen molar-refractivity contribution in [1.82, 2.24) is 0 Å². The summed E-state index contributed by atoms with van der Waals surface area (Å²) in [5.41, 5.74) is -0.0799. The molecule has 0 unspecified atom stereocenters. The van der Waals surface area contributed by atoms with Crippen molar-refractivity contribution >= 4 is 17.7 Å². The van der Waals surface area contributed by atoms with Crippen molar-refractivity contribution in [2.24, 2.45) is 0 Å². The third-order valence-corrected chi connectivity index (χ3v) is 3.34. The first-order valence-corrected chi connectivity index (χ1v) is 6.79. The van der Waals surface area contributed by atoms with Crippen molar-refractivity contribution in [3.8, 4) is 11.5 Å². The van der Waals surface area contributed by atoms with E-state index in [0.717, 1.165) is 6.07 Å². The van der Waals surface area contributed by atoms with Gasteiger partial charge in [-0.05, 0) is 30.5 Å². The fraction of sp³-hybridized carbons (Fsp3) is 0.0714. The molecule has 0 saturated heterocycles. The number of benzene rings is 2. The van der Waals surface area contributed by atoms with E-state index < -0.39 is 17.6 Å². The Morgan fingerprint density at radius 3 is 2.45 bits per heavy atom. The number of halogens is 2. The van der Waals surface area contributed by atoms with Gasteiger partial charge in [-0.2, -0.15) is 4.39 Å². The largest absolute Gasteiger partial charge is 0.478 e. The first kappa shape index (κ1) is 14.3. The molecule has 2 aromatic rings. The van der Waals surface area contributed by atoms with Crippen molar-refractivity contribution in [2.75, 3.05) is 6.26 Å². The minimum atomic E-state index is -1.19. The molecule has 0 bridgehead atoms. The van der Waals surface area contributed by atoms with Crippen LogP contribution in [-0.2, 0) is 0 Å². The topological polar surface area (TPSA) is 46.5 Å². The lowest BCUT2D eigenvalue weighted by molar-refractivity contribution is 0.0690. The molecule has 0 fully saturated rings. The van der Waals surface area contributed by atoms with Crippen molar-refractivity contribution in [3.63, 3.8) is 0 Å². The number of thioether (sulfide) groups is 1. The van der Waals surface area contributed by atoms with Crippen LogP contribution in [0, 0.1) is 11.6 Å². The Balaban J connectivity index is 2.48. The van der Waals surface area contributed by atoms with E-state index in [1.807, 2.05) is 0 Å².